The summed E-state index contributed by atoms with van der Waals surface area (Å²) in [5.74, 6) is 0.613. The van der Waals surface area contributed by atoms with Gasteiger partial charge in [-0.05, 0) is 86.8 Å². The lowest BCUT2D eigenvalue weighted by Crippen LogP contribution is -2.53. The maximum Gasteiger partial charge on any atom is 0.252 e. The van der Waals surface area contributed by atoms with Crippen LogP contribution in [-0.4, -0.2) is 51.4 Å². The molecule has 1 aromatic heterocycles. The second-order valence-corrected chi connectivity index (χ2v) is 9.80. The molecule has 2 aromatic carbocycles. The second kappa shape index (κ2) is 8.43. The number of aryl methyl sites for hydroxylation is 1. The molecule has 2 heterocycles. The van der Waals surface area contributed by atoms with E-state index in [0.717, 1.165) is 53.4 Å². The van der Waals surface area contributed by atoms with Crippen molar-refractivity contribution in [2.75, 3.05) is 13.6 Å². The number of amides is 1. The average molecular weight is 455 g/mol. The zero-order valence-corrected chi connectivity index (χ0v) is 20.1. The summed E-state index contributed by atoms with van der Waals surface area (Å²) in [5.41, 5.74) is 4.10. The molecule has 1 aliphatic heterocycles. The number of benzene rings is 2. The van der Waals surface area contributed by atoms with Crippen LogP contribution in [0, 0.1) is 6.92 Å². The van der Waals surface area contributed by atoms with Crippen LogP contribution in [0.1, 0.15) is 46.3 Å². The van der Waals surface area contributed by atoms with Crippen molar-refractivity contribution in [1.82, 2.24) is 15.2 Å². The van der Waals surface area contributed by atoms with E-state index in [0.29, 0.717) is 17.4 Å². The van der Waals surface area contributed by atoms with Gasteiger partial charge < -0.3 is 15.0 Å². The first-order valence-corrected chi connectivity index (χ1v) is 12.0. The Bertz CT molecular complexity index is 1240. The van der Waals surface area contributed by atoms with E-state index in [9.17, 15) is 4.79 Å². The standard InChI is InChI=1S/C27H28N3O2Si/c1-4-18-14-22(20-6-5-12-28-23(20)15-18)27(10-11-27)29-25(31)21-16-19(8-7-17(21)2)32-26(33)24-9-13-30(24)3/h4-8,12,14-16,24,26H,1,9-11,13H2,2-3H3,(H,29,31)/t24-,26?/m0/s1. The molecule has 2 atom stereocenters. The minimum Gasteiger partial charge on any atom is -0.493 e. The first-order valence-electron chi connectivity index (χ1n) is 11.4. The summed E-state index contributed by atoms with van der Waals surface area (Å²) >= 11 is 0. The van der Waals surface area contributed by atoms with Gasteiger partial charge in [-0.15, -0.1) is 0 Å². The lowest BCUT2D eigenvalue weighted by molar-refractivity contribution is 0.0562. The van der Waals surface area contributed by atoms with Crippen molar-refractivity contribution in [3.63, 3.8) is 0 Å². The molecule has 2 aliphatic rings. The van der Waals surface area contributed by atoms with Crippen LogP contribution >= 0.6 is 0 Å². The smallest absolute Gasteiger partial charge is 0.252 e. The van der Waals surface area contributed by atoms with E-state index in [-0.39, 0.29) is 17.2 Å². The van der Waals surface area contributed by atoms with Crippen LogP contribution < -0.4 is 10.1 Å². The Labute approximate surface area is 198 Å². The molecule has 3 aromatic rings. The number of hydrogen-bond donors (Lipinski definition) is 1. The van der Waals surface area contributed by atoms with Gasteiger partial charge in [-0.2, -0.15) is 0 Å². The number of carbonyl (C=O) groups is 1. The van der Waals surface area contributed by atoms with E-state index in [4.69, 9.17) is 4.74 Å². The number of ether oxygens (including phenoxy) is 1. The fourth-order valence-corrected chi connectivity index (χ4v) is 5.21. The lowest BCUT2D eigenvalue weighted by Gasteiger charge is -2.41. The molecule has 3 radical (unpaired) electrons. The molecule has 1 aliphatic carbocycles. The van der Waals surface area contributed by atoms with Gasteiger partial charge in [0.15, 0.2) is 0 Å². The molecule has 1 saturated carbocycles. The molecule has 0 bridgehead atoms. The summed E-state index contributed by atoms with van der Waals surface area (Å²) in [7, 11) is 5.81. The van der Waals surface area contributed by atoms with E-state index in [1.165, 1.54) is 0 Å². The first kappa shape index (κ1) is 21.9. The van der Waals surface area contributed by atoms with Gasteiger partial charge in [-0.25, -0.2) is 0 Å². The largest absolute Gasteiger partial charge is 0.493 e. The normalized spacial score (nSPS) is 20.0. The Balaban J connectivity index is 1.41. The maximum atomic E-state index is 13.5. The van der Waals surface area contributed by atoms with Crippen molar-refractivity contribution in [3.8, 4) is 5.75 Å². The van der Waals surface area contributed by atoms with E-state index >= 15 is 0 Å². The second-order valence-electron chi connectivity index (χ2n) is 9.23. The van der Waals surface area contributed by atoms with Gasteiger partial charge in [-0.3, -0.25) is 9.78 Å². The molecule has 2 fully saturated rings. The molecule has 5 rings (SSSR count). The molecular weight excluding hydrogens is 426 g/mol. The molecule has 167 valence electrons. The van der Waals surface area contributed by atoms with E-state index in [1.54, 1.807) is 6.20 Å². The summed E-state index contributed by atoms with van der Waals surface area (Å²) < 4.78 is 6.13. The average Bonchev–Trinajstić information content (AvgIpc) is 3.58. The Hall–Kier alpha value is -2.96. The third-order valence-corrected chi connectivity index (χ3v) is 7.51. The topological polar surface area (TPSA) is 54.5 Å². The zero-order chi connectivity index (χ0) is 23.2. The van der Waals surface area contributed by atoms with Gasteiger partial charge in [0.2, 0.25) is 0 Å². The van der Waals surface area contributed by atoms with Gasteiger partial charge >= 0.3 is 0 Å². The Morgan fingerprint density at radius 1 is 1.33 bits per heavy atom. The molecule has 0 spiro atoms. The predicted octanol–water partition coefficient (Wildman–Crippen LogP) is 4.18. The highest BCUT2D eigenvalue weighted by atomic mass is 28.1. The molecule has 5 nitrogen and oxygen atoms in total. The number of rotatable bonds is 7. The van der Waals surface area contributed by atoms with Gasteiger partial charge in [-0.1, -0.05) is 24.8 Å². The summed E-state index contributed by atoms with van der Waals surface area (Å²) in [4.78, 5) is 20.2. The van der Waals surface area contributed by atoms with Gasteiger partial charge in [0, 0.05) is 23.2 Å². The van der Waals surface area contributed by atoms with Crippen molar-refractivity contribution in [2.24, 2.45) is 0 Å². The fourth-order valence-electron chi connectivity index (χ4n) is 4.65. The van der Waals surface area contributed by atoms with Crippen molar-refractivity contribution >= 4 is 33.1 Å². The van der Waals surface area contributed by atoms with E-state index < -0.39 is 0 Å². The van der Waals surface area contributed by atoms with E-state index in [1.807, 2.05) is 43.3 Å². The monoisotopic (exact) mass is 454 g/mol. The number of pyridine rings is 1. The molecule has 33 heavy (non-hydrogen) atoms. The van der Waals surface area contributed by atoms with Gasteiger partial charge in [0.25, 0.3) is 5.91 Å². The maximum absolute atomic E-state index is 13.5. The lowest BCUT2D eigenvalue weighted by atomic mass is 9.95. The Morgan fingerprint density at radius 2 is 2.15 bits per heavy atom. The fraction of sp³-hybridized carbons (Fsp3) is 0.333. The van der Waals surface area contributed by atoms with Crippen molar-refractivity contribution in [2.45, 2.75) is 43.5 Å². The van der Waals surface area contributed by atoms with E-state index in [2.05, 4.69) is 51.2 Å². The zero-order valence-electron chi connectivity index (χ0n) is 19.1. The highest BCUT2D eigenvalue weighted by Gasteiger charge is 2.47. The van der Waals surface area contributed by atoms with Crippen molar-refractivity contribution in [1.29, 1.82) is 0 Å². The number of likely N-dealkylation sites (tertiary alicyclic amines) is 1. The Morgan fingerprint density at radius 3 is 2.82 bits per heavy atom. The quantitative estimate of drug-likeness (QED) is 0.544. The molecule has 1 N–H and O–H groups in total. The SMILES string of the molecule is C=Cc1cc(C2(NC(=O)c3cc(OC([Si])[C@@H]4CCN4C)ccc3C)CC2)c2cccnc2c1. The van der Waals surface area contributed by atoms with Crippen molar-refractivity contribution < 1.29 is 9.53 Å². The molecule has 1 amide bonds. The number of nitrogens with one attached hydrogen (secondary N) is 1. The molecule has 1 saturated heterocycles. The van der Waals surface area contributed by atoms with Crippen LogP contribution in [0.3, 0.4) is 0 Å². The number of carbonyl (C=O) groups excluding carboxylic acids is 1. The van der Waals surface area contributed by atoms with Crippen LogP contribution in [0.15, 0.2) is 55.2 Å². The number of fused-ring (bicyclic) bond motifs is 1. The van der Waals surface area contributed by atoms with Crippen molar-refractivity contribution in [3.05, 3.63) is 77.5 Å². The van der Waals surface area contributed by atoms with Crippen LogP contribution in [0.2, 0.25) is 0 Å². The number of likely N-dealkylation sites (N-methyl/N-ethyl adjacent to an activating group) is 1. The van der Waals surface area contributed by atoms with Crippen LogP contribution in [0.4, 0.5) is 0 Å². The first-order chi connectivity index (χ1) is 15.9. The third-order valence-electron chi connectivity index (χ3n) is 7.01. The third kappa shape index (κ3) is 4.09. The van der Waals surface area contributed by atoms with Crippen LogP contribution in [0.25, 0.3) is 17.0 Å². The number of hydrogen-bond acceptors (Lipinski definition) is 4. The molecular formula is C27H28N3O2Si. The highest BCUT2D eigenvalue weighted by molar-refractivity contribution is 6.11. The number of aromatic nitrogens is 1. The summed E-state index contributed by atoms with van der Waals surface area (Å²) in [6.45, 7) is 6.96. The minimum atomic E-state index is -0.382. The molecule has 1 unspecified atom stereocenters. The summed E-state index contributed by atoms with van der Waals surface area (Å²) in [6, 6.07) is 14.2. The Kier molecular flexibility index (Phi) is 5.58. The summed E-state index contributed by atoms with van der Waals surface area (Å²) in [5, 5.41) is 4.41. The summed E-state index contributed by atoms with van der Waals surface area (Å²) in [6.07, 6.45) is 6.52. The number of nitrogens with zero attached hydrogens (tertiary/aromatic N) is 2. The van der Waals surface area contributed by atoms with Crippen LogP contribution in [-0.2, 0) is 5.54 Å². The van der Waals surface area contributed by atoms with Gasteiger partial charge in [0.1, 0.15) is 5.75 Å². The molecule has 6 heteroatoms. The minimum absolute atomic E-state index is 0.0808. The highest BCUT2D eigenvalue weighted by Crippen LogP contribution is 2.48. The predicted molar refractivity (Wildman–Crippen MR) is 133 cm³/mol. The van der Waals surface area contributed by atoms with Crippen LogP contribution in [0.5, 0.6) is 5.75 Å². The van der Waals surface area contributed by atoms with Gasteiger partial charge in [0.05, 0.1) is 27.0 Å².